The predicted molar refractivity (Wildman–Crippen MR) is 85.8 cm³/mol. The highest BCUT2D eigenvalue weighted by atomic mass is 15.3. The molecule has 2 bridgehead atoms. The van der Waals surface area contributed by atoms with Gasteiger partial charge in [0.25, 0.3) is 0 Å². The second-order valence-electron chi connectivity index (χ2n) is 7.28. The Kier molecular flexibility index (Phi) is 3.44. The van der Waals surface area contributed by atoms with Gasteiger partial charge >= 0.3 is 0 Å². The molecule has 1 saturated carbocycles. The average molecular weight is 288 g/mol. The second-order valence-corrected chi connectivity index (χ2v) is 7.28. The van der Waals surface area contributed by atoms with Crippen LogP contribution in [-0.4, -0.2) is 34.2 Å². The Labute approximate surface area is 127 Å². The summed E-state index contributed by atoms with van der Waals surface area (Å²) in [4.78, 5) is 7.54. The van der Waals surface area contributed by atoms with Crippen molar-refractivity contribution in [1.82, 2.24) is 14.9 Å². The Morgan fingerprint density at radius 3 is 2.57 bits per heavy atom. The van der Waals surface area contributed by atoms with E-state index < -0.39 is 0 Å². The number of fused-ring (bicyclic) bond motifs is 2. The van der Waals surface area contributed by atoms with E-state index in [0.717, 1.165) is 24.7 Å². The van der Waals surface area contributed by atoms with Crippen molar-refractivity contribution < 1.29 is 0 Å². The fraction of sp³-hybridized carbons (Fsp3) is 0.824. The summed E-state index contributed by atoms with van der Waals surface area (Å²) in [5.74, 6) is 1.25. The van der Waals surface area contributed by atoms with Gasteiger partial charge in [0.15, 0.2) is 0 Å². The van der Waals surface area contributed by atoms with Gasteiger partial charge in [0, 0.05) is 36.9 Å². The highest BCUT2D eigenvalue weighted by molar-refractivity contribution is 5.37. The van der Waals surface area contributed by atoms with Gasteiger partial charge in [-0.25, -0.2) is 4.98 Å². The molecule has 21 heavy (non-hydrogen) atoms. The number of anilines is 1. The van der Waals surface area contributed by atoms with Gasteiger partial charge in [-0.3, -0.25) is 0 Å². The lowest BCUT2D eigenvalue weighted by Crippen LogP contribution is -2.49. The predicted octanol–water partition coefficient (Wildman–Crippen LogP) is 3.03. The van der Waals surface area contributed by atoms with Crippen LogP contribution >= 0.6 is 0 Å². The molecule has 1 aromatic heterocycles. The monoisotopic (exact) mass is 288 g/mol. The minimum Gasteiger partial charge on any atom is -0.339 e. The molecule has 4 rings (SSSR count). The maximum atomic E-state index is 4.90. The van der Waals surface area contributed by atoms with Crippen molar-refractivity contribution >= 4 is 5.95 Å². The summed E-state index contributed by atoms with van der Waals surface area (Å²) >= 11 is 0. The molecule has 3 fully saturated rings. The van der Waals surface area contributed by atoms with E-state index in [4.69, 9.17) is 4.98 Å². The highest BCUT2D eigenvalue weighted by Gasteiger charge is 2.38. The molecular weight excluding hydrogens is 260 g/mol. The van der Waals surface area contributed by atoms with Crippen molar-refractivity contribution in [2.75, 3.05) is 11.4 Å². The SMILES string of the molecule is CCCN(c1nc(C)cn1C1CC1)C1CC2CCC(C1)N2. The van der Waals surface area contributed by atoms with Crippen LogP contribution in [-0.2, 0) is 0 Å². The minimum absolute atomic E-state index is 0.683. The lowest BCUT2D eigenvalue weighted by molar-refractivity contribution is 0.342. The lowest BCUT2D eigenvalue weighted by Gasteiger charge is -2.38. The van der Waals surface area contributed by atoms with Gasteiger partial charge < -0.3 is 14.8 Å². The van der Waals surface area contributed by atoms with Crippen LogP contribution in [0.5, 0.6) is 0 Å². The number of nitrogens with one attached hydrogen (secondary N) is 1. The standard InChI is InChI=1S/C17H28N4/c1-3-8-20(16-9-13-4-5-14(10-16)19-13)17-18-12(2)11-21(17)15-6-7-15/h11,13-16,19H,3-10H2,1-2H3. The Bertz CT molecular complexity index is 493. The van der Waals surface area contributed by atoms with Crippen LogP contribution in [0.25, 0.3) is 0 Å². The molecule has 0 radical (unpaired) electrons. The van der Waals surface area contributed by atoms with Crippen molar-refractivity contribution in [3.8, 4) is 0 Å². The van der Waals surface area contributed by atoms with E-state index in [9.17, 15) is 0 Å². The molecule has 1 aromatic rings. The maximum absolute atomic E-state index is 4.90. The summed E-state index contributed by atoms with van der Waals surface area (Å²) in [6.07, 6.45) is 11.5. The van der Waals surface area contributed by atoms with Gasteiger partial charge in [-0.05, 0) is 51.9 Å². The number of hydrogen-bond donors (Lipinski definition) is 1. The Morgan fingerprint density at radius 2 is 1.95 bits per heavy atom. The number of nitrogens with zero attached hydrogens (tertiary/aromatic N) is 3. The van der Waals surface area contributed by atoms with Crippen molar-refractivity contribution in [3.63, 3.8) is 0 Å². The molecule has 3 heterocycles. The van der Waals surface area contributed by atoms with Gasteiger partial charge in [-0.1, -0.05) is 6.92 Å². The molecule has 4 heteroatoms. The first-order valence-corrected chi connectivity index (χ1v) is 8.82. The van der Waals surface area contributed by atoms with Gasteiger partial charge in [0.05, 0.1) is 5.69 Å². The van der Waals surface area contributed by atoms with E-state index in [1.807, 2.05) is 0 Å². The number of aryl methyl sites for hydroxylation is 1. The largest absolute Gasteiger partial charge is 0.339 e. The van der Waals surface area contributed by atoms with Crippen LogP contribution in [0.15, 0.2) is 6.20 Å². The van der Waals surface area contributed by atoms with E-state index in [2.05, 4.69) is 34.8 Å². The van der Waals surface area contributed by atoms with Crippen LogP contribution < -0.4 is 10.2 Å². The number of rotatable bonds is 5. The van der Waals surface area contributed by atoms with Crippen molar-refractivity contribution in [2.45, 2.75) is 83.0 Å². The number of hydrogen-bond acceptors (Lipinski definition) is 3. The quantitative estimate of drug-likeness (QED) is 0.904. The fourth-order valence-electron chi connectivity index (χ4n) is 4.31. The Balaban J connectivity index is 1.61. The molecule has 116 valence electrons. The van der Waals surface area contributed by atoms with E-state index in [-0.39, 0.29) is 0 Å². The van der Waals surface area contributed by atoms with Gasteiger partial charge in [-0.15, -0.1) is 0 Å². The molecule has 2 atom stereocenters. The Hall–Kier alpha value is -1.03. The third-order valence-corrected chi connectivity index (χ3v) is 5.38. The number of aromatic nitrogens is 2. The molecule has 1 N–H and O–H groups in total. The summed E-state index contributed by atoms with van der Waals surface area (Å²) in [7, 11) is 0. The molecule has 0 amide bonds. The third kappa shape index (κ3) is 2.59. The summed E-state index contributed by atoms with van der Waals surface area (Å²) in [6.45, 7) is 5.58. The minimum atomic E-state index is 0.683. The van der Waals surface area contributed by atoms with E-state index in [1.54, 1.807) is 0 Å². The fourth-order valence-corrected chi connectivity index (χ4v) is 4.31. The molecule has 0 aromatic carbocycles. The summed E-state index contributed by atoms with van der Waals surface area (Å²) in [5, 5.41) is 3.77. The topological polar surface area (TPSA) is 33.1 Å². The van der Waals surface area contributed by atoms with Crippen molar-refractivity contribution in [2.24, 2.45) is 0 Å². The van der Waals surface area contributed by atoms with E-state index in [1.165, 1.54) is 56.6 Å². The number of imidazole rings is 1. The summed E-state index contributed by atoms with van der Waals surface area (Å²) in [6, 6.07) is 2.90. The molecular formula is C17H28N4. The molecule has 4 nitrogen and oxygen atoms in total. The lowest BCUT2D eigenvalue weighted by atomic mass is 9.98. The Morgan fingerprint density at radius 1 is 1.24 bits per heavy atom. The van der Waals surface area contributed by atoms with Crippen molar-refractivity contribution in [1.29, 1.82) is 0 Å². The molecule has 3 aliphatic rings. The molecule has 0 spiro atoms. The molecule has 1 aliphatic carbocycles. The van der Waals surface area contributed by atoms with Crippen LogP contribution in [0.2, 0.25) is 0 Å². The van der Waals surface area contributed by atoms with Gasteiger partial charge in [0.1, 0.15) is 0 Å². The number of piperidine rings is 1. The van der Waals surface area contributed by atoms with Crippen LogP contribution in [0.4, 0.5) is 5.95 Å². The van der Waals surface area contributed by atoms with E-state index in [0.29, 0.717) is 6.04 Å². The second kappa shape index (κ2) is 5.31. The zero-order valence-corrected chi connectivity index (χ0v) is 13.4. The molecule has 2 unspecified atom stereocenters. The van der Waals surface area contributed by atoms with Crippen molar-refractivity contribution in [3.05, 3.63) is 11.9 Å². The highest BCUT2D eigenvalue weighted by Crippen LogP contribution is 2.40. The molecule has 2 saturated heterocycles. The van der Waals surface area contributed by atoms with Crippen LogP contribution in [0.1, 0.15) is 63.6 Å². The third-order valence-electron chi connectivity index (χ3n) is 5.38. The first-order chi connectivity index (χ1) is 10.2. The van der Waals surface area contributed by atoms with Crippen LogP contribution in [0.3, 0.4) is 0 Å². The molecule has 2 aliphatic heterocycles. The summed E-state index contributed by atoms with van der Waals surface area (Å²) < 4.78 is 2.47. The first kappa shape index (κ1) is 13.6. The van der Waals surface area contributed by atoms with Crippen LogP contribution in [0, 0.1) is 6.92 Å². The van der Waals surface area contributed by atoms with E-state index >= 15 is 0 Å². The van der Waals surface area contributed by atoms with Gasteiger partial charge in [0.2, 0.25) is 5.95 Å². The zero-order valence-electron chi connectivity index (χ0n) is 13.4. The maximum Gasteiger partial charge on any atom is 0.206 e. The smallest absolute Gasteiger partial charge is 0.206 e. The first-order valence-electron chi connectivity index (χ1n) is 8.82. The van der Waals surface area contributed by atoms with Gasteiger partial charge in [-0.2, -0.15) is 0 Å². The zero-order chi connectivity index (χ0) is 14.4. The average Bonchev–Trinajstić information content (AvgIpc) is 3.17. The summed E-state index contributed by atoms with van der Waals surface area (Å²) in [5.41, 5.74) is 1.18. The normalized spacial score (nSPS) is 31.6.